The zero-order valence-electron chi connectivity index (χ0n) is 32.8. The van der Waals surface area contributed by atoms with E-state index >= 15 is 0 Å². The van der Waals surface area contributed by atoms with E-state index in [0.29, 0.717) is 60.8 Å². The molecule has 2 aromatic heterocycles. The lowest BCUT2D eigenvalue weighted by Gasteiger charge is -2.28. The van der Waals surface area contributed by atoms with Crippen molar-refractivity contribution in [2.24, 2.45) is 5.73 Å². The number of nitrogens with two attached hydrogens (primary N) is 1. The van der Waals surface area contributed by atoms with Crippen LogP contribution in [0.3, 0.4) is 0 Å². The summed E-state index contributed by atoms with van der Waals surface area (Å²) >= 11 is 5.42. The van der Waals surface area contributed by atoms with E-state index in [0.717, 1.165) is 35.4 Å². The highest BCUT2D eigenvalue weighted by atomic mass is 35.5. The fourth-order valence-corrected chi connectivity index (χ4v) is 6.18. The summed E-state index contributed by atoms with van der Waals surface area (Å²) in [6.45, 7) is 0.813. The molecule has 20 heteroatoms. The third kappa shape index (κ3) is 11.7. The van der Waals surface area contributed by atoms with Gasteiger partial charge in [-0.05, 0) is 48.0 Å². The van der Waals surface area contributed by atoms with Crippen LogP contribution < -0.4 is 40.6 Å². The lowest BCUT2D eigenvalue weighted by Crippen LogP contribution is -2.24. The summed E-state index contributed by atoms with van der Waals surface area (Å²) in [6.07, 6.45) is 4.44. The Labute approximate surface area is 363 Å². The number of nitrogens with one attached hydrogen (secondary N) is 3. The van der Waals surface area contributed by atoms with Crippen molar-refractivity contribution in [1.29, 1.82) is 0 Å². The molecule has 14 nitrogen and oxygen atoms in total. The number of carbonyl (C=O) groups is 2. The zero-order chi connectivity index (χ0) is 43.5. The van der Waals surface area contributed by atoms with E-state index in [1.165, 1.54) is 32.5 Å². The topological polar surface area (TPSA) is 185 Å². The average Bonchev–Trinajstić information content (AvgIpc) is 3.26. The van der Waals surface area contributed by atoms with Gasteiger partial charge in [0.1, 0.15) is 11.5 Å². The van der Waals surface area contributed by atoms with Crippen LogP contribution in [-0.2, 0) is 0 Å². The highest BCUT2D eigenvalue weighted by Gasteiger charge is 2.27. The number of amides is 2. The fourth-order valence-electron chi connectivity index (χ4n) is 6.04. The van der Waals surface area contributed by atoms with E-state index in [1.807, 2.05) is 12.1 Å². The van der Waals surface area contributed by atoms with Crippen molar-refractivity contribution in [3.8, 4) is 23.3 Å². The van der Waals surface area contributed by atoms with Gasteiger partial charge in [-0.1, -0.05) is 24.3 Å². The minimum absolute atomic E-state index is 0. The molecule has 0 spiro atoms. The Balaban J connectivity index is 0.000000198. The minimum Gasteiger partial charge on any atom is -0.492 e. The summed E-state index contributed by atoms with van der Waals surface area (Å²) in [5, 5.41) is 8.53. The van der Waals surface area contributed by atoms with E-state index in [-0.39, 0.29) is 46.7 Å². The summed E-state index contributed by atoms with van der Waals surface area (Å²) in [4.78, 5) is 40.9. The number of benzene rings is 4. The lowest BCUT2D eigenvalue weighted by atomic mass is 9.97. The third-order valence-corrected chi connectivity index (χ3v) is 9.17. The summed E-state index contributed by atoms with van der Waals surface area (Å²) in [5.41, 5.74) is 8.46. The molecule has 0 radical (unpaired) electrons. The molecule has 0 bridgehead atoms. The Bertz CT molecular complexity index is 2530. The van der Waals surface area contributed by atoms with E-state index < -0.39 is 35.1 Å². The number of fused-ring (bicyclic) bond motifs is 2. The molecule has 0 saturated heterocycles. The molecule has 5 N–H and O–H groups in total. The Hall–Kier alpha value is -6.76. The van der Waals surface area contributed by atoms with Crippen molar-refractivity contribution in [3.63, 3.8) is 0 Å². The summed E-state index contributed by atoms with van der Waals surface area (Å²) < 4.78 is 73.9. The predicted octanol–water partition coefficient (Wildman–Crippen LogP) is 8.51. The number of para-hydroxylation sites is 2. The summed E-state index contributed by atoms with van der Waals surface area (Å²) in [7, 11) is 3.05. The van der Waals surface area contributed by atoms with Gasteiger partial charge in [0.05, 0.1) is 44.6 Å². The number of anilines is 3. The van der Waals surface area contributed by atoms with Crippen molar-refractivity contribution in [1.82, 2.24) is 19.9 Å². The first-order valence-corrected chi connectivity index (χ1v) is 18.8. The number of hydrogen-bond acceptors (Lipinski definition) is 12. The number of hydrogen-bond donors (Lipinski definition) is 4. The van der Waals surface area contributed by atoms with Gasteiger partial charge >= 0.3 is 0 Å². The maximum Gasteiger partial charge on any atom is 0.259 e. The van der Waals surface area contributed by atoms with Crippen LogP contribution in [0.1, 0.15) is 56.8 Å². The van der Waals surface area contributed by atoms with Gasteiger partial charge in [-0.2, -0.15) is 9.97 Å². The maximum atomic E-state index is 13.4. The molecule has 2 atom stereocenters. The van der Waals surface area contributed by atoms with E-state index in [9.17, 15) is 27.2 Å². The summed E-state index contributed by atoms with van der Waals surface area (Å²) in [6, 6.07) is 19.6. The third-order valence-electron chi connectivity index (χ3n) is 8.99. The molecule has 4 heterocycles. The van der Waals surface area contributed by atoms with Crippen LogP contribution in [0.2, 0.25) is 5.28 Å². The molecule has 4 aromatic carbocycles. The predicted molar refractivity (Wildman–Crippen MR) is 224 cm³/mol. The van der Waals surface area contributed by atoms with Gasteiger partial charge in [-0.3, -0.25) is 9.59 Å². The molecule has 2 aliphatic rings. The Kier molecular flexibility index (Phi) is 16.2. The van der Waals surface area contributed by atoms with Gasteiger partial charge in [0, 0.05) is 78.0 Å². The number of halogens is 6. The van der Waals surface area contributed by atoms with Crippen LogP contribution in [0.25, 0.3) is 0 Å². The van der Waals surface area contributed by atoms with Gasteiger partial charge in [-0.15, -0.1) is 12.4 Å². The van der Waals surface area contributed by atoms with E-state index in [1.54, 1.807) is 42.6 Å². The standard InChI is InChI=1S/C21H18F2N4O3.C16H14F2N2O2.C5H5ClN2O.ClH/c1-29-18-7-9-24-21(27-18)26-17-8-10-30-19-13(17)3-2-4-14(19)20(28)25-12-5-6-15(22)16(23)11-12;17-12-5-4-9(8-13(12)18)20-16(21)11-3-1-2-10-14(19)6-7-22-15(10)11;1-9-4-2-3-7-5(6)8-4;/h2-7,9,11,17H,8,10H2,1H3,(H,25,28)(H,24,26,27);1-5,8,14H,6-7,19H2,(H,20,21);2-3H,1H3;1H/t17-;14-;;/m00../s1. The highest BCUT2D eigenvalue weighted by molar-refractivity contribution is 6.28. The highest BCUT2D eigenvalue weighted by Crippen LogP contribution is 2.37. The van der Waals surface area contributed by atoms with E-state index in [2.05, 4.69) is 35.9 Å². The van der Waals surface area contributed by atoms with Crippen molar-refractivity contribution in [2.45, 2.75) is 24.9 Å². The van der Waals surface area contributed by atoms with Crippen LogP contribution >= 0.6 is 24.0 Å². The number of aromatic nitrogens is 4. The first kappa shape index (κ1) is 46.3. The van der Waals surface area contributed by atoms with Crippen LogP contribution in [0.5, 0.6) is 23.3 Å². The molecular formula is C42H38Cl2F4N8O6. The van der Waals surface area contributed by atoms with Gasteiger partial charge < -0.3 is 40.6 Å². The molecule has 0 aliphatic carbocycles. The SMILES string of the molecule is COc1ccnc(Cl)n1.COc1ccnc(N[C@H]2CCOc3c(C(=O)Nc4ccc(F)c(F)c4)cccc32)n1.Cl.N[C@H]1CCOc2c(C(=O)Nc3ccc(F)c(F)c3)cccc21. The second kappa shape index (κ2) is 21.7. The molecule has 0 saturated carbocycles. The van der Waals surface area contributed by atoms with E-state index in [4.69, 9.17) is 36.3 Å². The first-order valence-electron chi connectivity index (χ1n) is 18.4. The second-order valence-corrected chi connectivity index (χ2v) is 13.3. The molecule has 324 valence electrons. The Morgan fingerprint density at radius 1 is 0.694 bits per heavy atom. The molecule has 8 rings (SSSR count). The normalized spacial score (nSPS) is 14.5. The lowest BCUT2D eigenvalue weighted by molar-refractivity contribution is 0.101. The maximum absolute atomic E-state index is 13.4. The van der Waals surface area contributed by atoms with Crippen LogP contribution in [0.15, 0.2) is 97.3 Å². The molecular weight excluding hydrogens is 859 g/mol. The van der Waals surface area contributed by atoms with Crippen molar-refractivity contribution in [3.05, 3.63) is 148 Å². The van der Waals surface area contributed by atoms with Gasteiger partial charge in [0.2, 0.25) is 23.0 Å². The largest absolute Gasteiger partial charge is 0.492 e. The molecule has 0 unspecified atom stereocenters. The second-order valence-electron chi connectivity index (χ2n) is 13.0. The van der Waals surface area contributed by atoms with Gasteiger partial charge in [0.15, 0.2) is 23.3 Å². The first-order chi connectivity index (χ1) is 29.4. The average molecular weight is 898 g/mol. The zero-order valence-corrected chi connectivity index (χ0v) is 34.4. The minimum atomic E-state index is -1.04. The van der Waals surface area contributed by atoms with Crippen LogP contribution in [0.4, 0.5) is 34.9 Å². The molecule has 62 heavy (non-hydrogen) atoms. The Morgan fingerprint density at radius 2 is 1.21 bits per heavy atom. The Morgan fingerprint density at radius 3 is 1.74 bits per heavy atom. The number of rotatable bonds is 8. The van der Waals surface area contributed by atoms with Gasteiger partial charge in [-0.25, -0.2) is 27.5 Å². The van der Waals surface area contributed by atoms with Gasteiger partial charge in [0.25, 0.3) is 11.8 Å². The number of methoxy groups -OCH3 is 2. The van der Waals surface area contributed by atoms with Crippen molar-refractivity contribution in [2.75, 3.05) is 43.4 Å². The quantitative estimate of drug-likeness (QED) is 0.0845. The molecule has 2 aliphatic heterocycles. The smallest absolute Gasteiger partial charge is 0.259 e. The number of carbonyl (C=O) groups excluding carboxylic acids is 2. The van der Waals surface area contributed by atoms with Crippen molar-refractivity contribution >= 4 is 53.1 Å². The molecule has 2 amide bonds. The summed E-state index contributed by atoms with van der Waals surface area (Å²) in [5.74, 6) is -2.80. The fraction of sp³-hybridized carbons (Fsp3) is 0.190. The van der Waals surface area contributed by atoms with Crippen LogP contribution in [0, 0.1) is 23.3 Å². The molecule has 0 fully saturated rings. The number of ether oxygens (including phenoxy) is 4. The van der Waals surface area contributed by atoms with Crippen molar-refractivity contribution < 1.29 is 46.1 Å². The molecule has 6 aromatic rings. The van der Waals surface area contributed by atoms with Crippen LogP contribution in [-0.4, -0.2) is 59.2 Å². The number of nitrogens with zero attached hydrogens (tertiary/aromatic N) is 4. The monoisotopic (exact) mass is 896 g/mol.